The molecule has 0 saturated heterocycles. The van der Waals surface area contributed by atoms with E-state index in [1.165, 1.54) is 0 Å². The number of unbranched alkanes of at least 4 members (excludes halogenated alkanes) is 1. The van der Waals surface area contributed by atoms with Crippen molar-refractivity contribution in [2.45, 2.75) is 40.0 Å². The van der Waals surface area contributed by atoms with Crippen molar-refractivity contribution in [3.8, 4) is 5.75 Å². The summed E-state index contributed by atoms with van der Waals surface area (Å²) in [5, 5.41) is 4.10. The van der Waals surface area contributed by atoms with Crippen LogP contribution in [0.3, 0.4) is 0 Å². The summed E-state index contributed by atoms with van der Waals surface area (Å²) in [5.74, 6) is 0.804. The molecule has 0 radical (unpaired) electrons. The Bertz CT molecular complexity index is 424. The van der Waals surface area contributed by atoms with Crippen LogP contribution in [-0.4, -0.2) is 18.2 Å². The number of rotatable bonds is 7. The van der Waals surface area contributed by atoms with Crippen molar-refractivity contribution in [2.24, 2.45) is 5.10 Å². The molecule has 0 aliphatic rings. The van der Waals surface area contributed by atoms with Gasteiger partial charge in [0, 0.05) is 6.42 Å². The topological polar surface area (TPSA) is 50.7 Å². The van der Waals surface area contributed by atoms with E-state index in [9.17, 15) is 4.79 Å². The maximum Gasteiger partial charge on any atom is 0.240 e. The summed E-state index contributed by atoms with van der Waals surface area (Å²) >= 11 is 0. The van der Waals surface area contributed by atoms with Crippen LogP contribution in [0.4, 0.5) is 0 Å². The predicted octanol–water partition coefficient (Wildman–Crippen LogP) is 3.12. The fourth-order valence-electron chi connectivity index (χ4n) is 1.56. The van der Waals surface area contributed by atoms with Gasteiger partial charge in [-0.25, -0.2) is 5.43 Å². The molecular formula is C15H22N2O2. The molecule has 0 spiro atoms. The molecule has 1 aromatic carbocycles. The average molecular weight is 262 g/mol. The lowest BCUT2D eigenvalue weighted by atomic mass is 10.1. The van der Waals surface area contributed by atoms with E-state index in [1.54, 1.807) is 0 Å². The predicted molar refractivity (Wildman–Crippen MR) is 77.5 cm³/mol. The number of nitrogens with one attached hydrogen (secondary N) is 1. The van der Waals surface area contributed by atoms with Gasteiger partial charge < -0.3 is 4.74 Å². The van der Waals surface area contributed by atoms with Crippen molar-refractivity contribution in [3.05, 3.63) is 29.8 Å². The normalized spacial score (nSPS) is 11.2. The van der Waals surface area contributed by atoms with E-state index in [0.717, 1.165) is 29.9 Å². The van der Waals surface area contributed by atoms with Crippen LogP contribution >= 0.6 is 0 Å². The molecule has 0 fully saturated rings. The number of benzene rings is 1. The van der Waals surface area contributed by atoms with Gasteiger partial charge in [0.2, 0.25) is 5.91 Å². The van der Waals surface area contributed by atoms with Crippen LogP contribution in [-0.2, 0) is 4.79 Å². The molecule has 0 atom stereocenters. The molecule has 4 nitrogen and oxygen atoms in total. The standard InChI is InChI=1S/C15H22N2O2/c1-4-6-7-15(18)17-16-12(3)13-8-10-14(11-9-13)19-5-2/h8-11H,4-7H2,1-3H3,(H,17,18). The third kappa shape index (κ3) is 5.55. The fraction of sp³-hybridized carbons (Fsp3) is 0.467. The molecule has 4 heteroatoms. The summed E-state index contributed by atoms with van der Waals surface area (Å²) in [6, 6.07) is 7.66. The molecule has 0 aromatic heterocycles. The van der Waals surface area contributed by atoms with Crippen molar-refractivity contribution in [1.82, 2.24) is 5.43 Å². The zero-order valence-electron chi connectivity index (χ0n) is 11.9. The minimum atomic E-state index is -0.0351. The number of hydrogen-bond acceptors (Lipinski definition) is 3. The number of nitrogens with zero attached hydrogens (tertiary/aromatic N) is 1. The molecule has 0 unspecified atom stereocenters. The minimum Gasteiger partial charge on any atom is -0.494 e. The van der Waals surface area contributed by atoms with E-state index in [2.05, 4.69) is 17.5 Å². The molecule has 1 N–H and O–H groups in total. The van der Waals surface area contributed by atoms with Crippen LogP contribution in [0.15, 0.2) is 29.4 Å². The Morgan fingerprint density at radius 2 is 1.95 bits per heavy atom. The van der Waals surface area contributed by atoms with E-state index < -0.39 is 0 Å². The van der Waals surface area contributed by atoms with Crippen LogP contribution in [0.5, 0.6) is 5.75 Å². The number of carbonyl (C=O) groups excluding carboxylic acids is 1. The monoisotopic (exact) mass is 262 g/mol. The molecule has 1 rings (SSSR count). The first-order valence-electron chi connectivity index (χ1n) is 6.73. The second kappa shape index (κ2) is 8.29. The number of amides is 1. The van der Waals surface area contributed by atoms with Crippen molar-refractivity contribution in [2.75, 3.05) is 6.61 Å². The Balaban J connectivity index is 2.56. The molecule has 104 valence electrons. The summed E-state index contributed by atoms with van der Waals surface area (Å²) in [7, 11) is 0. The summed E-state index contributed by atoms with van der Waals surface area (Å²) < 4.78 is 5.37. The third-order valence-corrected chi connectivity index (χ3v) is 2.69. The molecule has 0 heterocycles. The third-order valence-electron chi connectivity index (χ3n) is 2.69. The zero-order valence-corrected chi connectivity index (χ0v) is 11.9. The van der Waals surface area contributed by atoms with Crippen LogP contribution in [0.2, 0.25) is 0 Å². The van der Waals surface area contributed by atoms with Gasteiger partial charge in [-0.05, 0) is 50.1 Å². The first kappa shape index (κ1) is 15.2. The first-order valence-corrected chi connectivity index (χ1v) is 6.73. The molecule has 0 bridgehead atoms. The van der Waals surface area contributed by atoms with E-state index in [0.29, 0.717) is 13.0 Å². The maximum absolute atomic E-state index is 11.4. The lowest BCUT2D eigenvalue weighted by Crippen LogP contribution is -2.18. The lowest BCUT2D eigenvalue weighted by Gasteiger charge is -2.05. The van der Waals surface area contributed by atoms with Gasteiger partial charge >= 0.3 is 0 Å². The second-order valence-corrected chi connectivity index (χ2v) is 4.29. The summed E-state index contributed by atoms with van der Waals surface area (Å²) in [5.41, 5.74) is 4.33. The van der Waals surface area contributed by atoms with Gasteiger partial charge in [0.15, 0.2) is 0 Å². The largest absolute Gasteiger partial charge is 0.494 e. The quantitative estimate of drug-likeness (QED) is 0.606. The SMILES string of the molecule is CCCCC(=O)NN=C(C)c1ccc(OCC)cc1. The van der Waals surface area contributed by atoms with E-state index in [-0.39, 0.29) is 5.91 Å². The zero-order chi connectivity index (χ0) is 14.1. The second-order valence-electron chi connectivity index (χ2n) is 4.29. The fourth-order valence-corrected chi connectivity index (χ4v) is 1.56. The Hall–Kier alpha value is -1.84. The van der Waals surface area contributed by atoms with Crippen molar-refractivity contribution >= 4 is 11.6 Å². The Kier molecular flexibility index (Phi) is 6.64. The lowest BCUT2D eigenvalue weighted by molar-refractivity contribution is -0.121. The van der Waals surface area contributed by atoms with Gasteiger partial charge in [0.05, 0.1) is 12.3 Å². The first-order chi connectivity index (χ1) is 9.17. The summed E-state index contributed by atoms with van der Waals surface area (Å²) in [6.07, 6.45) is 2.43. The van der Waals surface area contributed by atoms with Gasteiger partial charge in [-0.1, -0.05) is 13.3 Å². The highest BCUT2D eigenvalue weighted by atomic mass is 16.5. The highest BCUT2D eigenvalue weighted by Gasteiger charge is 2.01. The van der Waals surface area contributed by atoms with Crippen molar-refractivity contribution in [3.63, 3.8) is 0 Å². The average Bonchev–Trinajstić information content (AvgIpc) is 2.43. The van der Waals surface area contributed by atoms with E-state index in [1.807, 2.05) is 38.1 Å². The Labute approximate surface area is 114 Å². The van der Waals surface area contributed by atoms with Crippen LogP contribution in [0, 0.1) is 0 Å². The van der Waals surface area contributed by atoms with Crippen LogP contribution < -0.4 is 10.2 Å². The number of ether oxygens (including phenoxy) is 1. The molecule has 19 heavy (non-hydrogen) atoms. The number of hydrogen-bond donors (Lipinski definition) is 1. The highest BCUT2D eigenvalue weighted by Crippen LogP contribution is 2.12. The van der Waals surface area contributed by atoms with E-state index >= 15 is 0 Å². The van der Waals surface area contributed by atoms with Crippen molar-refractivity contribution < 1.29 is 9.53 Å². The molecule has 0 aliphatic carbocycles. The molecular weight excluding hydrogens is 240 g/mol. The van der Waals surface area contributed by atoms with Gasteiger partial charge in [0.1, 0.15) is 5.75 Å². The van der Waals surface area contributed by atoms with Gasteiger partial charge in [-0.3, -0.25) is 4.79 Å². The van der Waals surface area contributed by atoms with Crippen LogP contribution in [0.1, 0.15) is 45.6 Å². The maximum atomic E-state index is 11.4. The number of hydrazone groups is 1. The number of carbonyl (C=O) groups is 1. The minimum absolute atomic E-state index is 0.0351. The molecule has 0 aliphatic heterocycles. The summed E-state index contributed by atoms with van der Waals surface area (Å²) in [6.45, 7) is 6.53. The van der Waals surface area contributed by atoms with Gasteiger partial charge in [-0.2, -0.15) is 5.10 Å². The van der Waals surface area contributed by atoms with Crippen molar-refractivity contribution in [1.29, 1.82) is 0 Å². The van der Waals surface area contributed by atoms with Gasteiger partial charge in [-0.15, -0.1) is 0 Å². The van der Waals surface area contributed by atoms with Crippen LogP contribution in [0.25, 0.3) is 0 Å². The summed E-state index contributed by atoms with van der Waals surface area (Å²) in [4.78, 5) is 11.4. The molecule has 0 saturated carbocycles. The Morgan fingerprint density at radius 1 is 1.26 bits per heavy atom. The highest BCUT2D eigenvalue weighted by molar-refractivity contribution is 5.99. The molecule has 1 amide bonds. The molecule has 1 aromatic rings. The smallest absolute Gasteiger partial charge is 0.240 e. The Morgan fingerprint density at radius 3 is 2.53 bits per heavy atom. The van der Waals surface area contributed by atoms with E-state index in [4.69, 9.17) is 4.74 Å². The van der Waals surface area contributed by atoms with Gasteiger partial charge in [0.25, 0.3) is 0 Å².